The SMILES string of the molecule is CCOC(=O)c1cccc(NC(=O)[C@@H]2CCCN(S(=O)(=O)c3ccc(C)cc3)C2)c1. The first kappa shape index (κ1) is 22.0. The highest BCUT2D eigenvalue weighted by Crippen LogP contribution is 2.25. The highest BCUT2D eigenvalue weighted by Gasteiger charge is 2.33. The monoisotopic (exact) mass is 430 g/mol. The third-order valence-electron chi connectivity index (χ3n) is 5.05. The number of nitrogens with one attached hydrogen (secondary N) is 1. The number of rotatable bonds is 6. The van der Waals surface area contributed by atoms with Gasteiger partial charge in [0, 0.05) is 18.8 Å². The van der Waals surface area contributed by atoms with Gasteiger partial charge in [0.15, 0.2) is 0 Å². The molecule has 8 heteroatoms. The van der Waals surface area contributed by atoms with E-state index < -0.39 is 21.9 Å². The van der Waals surface area contributed by atoms with Crippen molar-refractivity contribution in [2.24, 2.45) is 5.92 Å². The average Bonchev–Trinajstić information content (AvgIpc) is 2.74. The van der Waals surface area contributed by atoms with E-state index in [1.165, 1.54) is 4.31 Å². The second-order valence-electron chi connectivity index (χ2n) is 7.31. The first-order valence-corrected chi connectivity index (χ1v) is 11.4. The lowest BCUT2D eigenvalue weighted by Crippen LogP contribution is -2.43. The van der Waals surface area contributed by atoms with Crippen molar-refractivity contribution in [3.8, 4) is 0 Å². The summed E-state index contributed by atoms with van der Waals surface area (Å²) in [6, 6.07) is 13.2. The van der Waals surface area contributed by atoms with Crippen molar-refractivity contribution in [1.82, 2.24) is 4.31 Å². The highest BCUT2D eigenvalue weighted by molar-refractivity contribution is 7.89. The lowest BCUT2D eigenvalue weighted by Gasteiger charge is -2.31. The molecule has 3 rings (SSSR count). The van der Waals surface area contributed by atoms with Crippen molar-refractivity contribution in [3.05, 3.63) is 59.7 Å². The fourth-order valence-electron chi connectivity index (χ4n) is 3.42. The number of anilines is 1. The van der Waals surface area contributed by atoms with Gasteiger partial charge in [-0.15, -0.1) is 0 Å². The number of carbonyl (C=O) groups excluding carboxylic acids is 2. The van der Waals surface area contributed by atoms with Crippen molar-refractivity contribution < 1.29 is 22.7 Å². The number of amides is 1. The Balaban J connectivity index is 1.69. The van der Waals surface area contributed by atoms with Gasteiger partial charge < -0.3 is 10.1 Å². The molecule has 0 saturated carbocycles. The van der Waals surface area contributed by atoms with Crippen LogP contribution in [-0.4, -0.2) is 44.3 Å². The third kappa shape index (κ3) is 5.06. The summed E-state index contributed by atoms with van der Waals surface area (Å²) >= 11 is 0. The summed E-state index contributed by atoms with van der Waals surface area (Å²) in [5.74, 6) is -1.19. The van der Waals surface area contributed by atoms with Crippen LogP contribution in [0.5, 0.6) is 0 Å². The van der Waals surface area contributed by atoms with E-state index >= 15 is 0 Å². The number of benzene rings is 2. The van der Waals surface area contributed by atoms with Crippen LogP contribution in [0.3, 0.4) is 0 Å². The Kier molecular flexibility index (Phi) is 6.89. The van der Waals surface area contributed by atoms with Crippen LogP contribution in [0.2, 0.25) is 0 Å². The molecule has 0 aromatic heterocycles. The Morgan fingerprint density at radius 2 is 1.90 bits per heavy atom. The summed E-state index contributed by atoms with van der Waals surface area (Å²) in [6.07, 6.45) is 1.20. The number of nitrogens with zero attached hydrogens (tertiary/aromatic N) is 1. The zero-order valence-corrected chi connectivity index (χ0v) is 17.9. The standard InChI is InChI=1S/C22H26N2O5S/c1-3-29-22(26)17-6-4-8-19(14-17)23-21(25)18-7-5-13-24(15-18)30(27,28)20-11-9-16(2)10-12-20/h4,6,8-12,14,18H,3,5,7,13,15H2,1-2H3,(H,23,25)/t18-/m1/s1. The smallest absolute Gasteiger partial charge is 0.338 e. The van der Waals surface area contributed by atoms with Crippen LogP contribution < -0.4 is 5.32 Å². The predicted octanol–water partition coefficient (Wildman–Crippen LogP) is 3.21. The van der Waals surface area contributed by atoms with Gasteiger partial charge in [0.05, 0.1) is 23.0 Å². The molecular weight excluding hydrogens is 404 g/mol. The van der Waals surface area contributed by atoms with E-state index in [1.807, 2.05) is 6.92 Å². The summed E-state index contributed by atoms with van der Waals surface area (Å²) < 4.78 is 32.3. The fourth-order valence-corrected chi connectivity index (χ4v) is 4.94. The molecule has 0 aliphatic carbocycles. The number of aryl methyl sites for hydroxylation is 1. The minimum Gasteiger partial charge on any atom is -0.462 e. The molecule has 0 spiro atoms. The van der Waals surface area contributed by atoms with Crippen LogP contribution in [0.15, 0.2) is 53.4 Å². The van der Waals surface area contributed by atoms with Gasteiger partial charge in [-0.3, -0.25) is 4.79 Å². The maximum absolute atomic E-state index is 12.9. The van der Waals surface area contributed by atoms with E-state index in [4.69, 9.17) is 4.74 Å². The van der Waals surface area contributed by atoms with Gasteiger partial charge in [-0.2, -0.15) is 4.31 Å². The fraction of sp³-hybridized carbons (Fsp3) is 0.364. The van der Waals surface area contributed by atoms with E-state index in [0.29, 0.717) is 30.6 Å². The van der Waals surface area contributed by atoms with Gasteiger partial charge in [-0.25, -0.2) is 13.2 Å². The molecule has 1 N–H and O–H groups in total. The molecule has 160 valence electrons. The minimum absolute atomic E-state index is 0.125. The third-order valence-corrected chi connectivity index (χ3v) is 6.93. The van der Waals surface area contributed by atoms with Gasteiger partial charge >= 0.3 is 5.97 Å². The molecule has 0 bridgehead atoms. The lowest BCUT2D eigenvalue weighted by molar-refractivity contribution is -0.120. The van der Waals surface area contributed by atoms with Crippen molar-refractivity contribution >= 4 is 27.6 Å². The molecule has 7 nitrogen and oxygen atoms in total. The number of sulfonamides is 1. The molecular formula is C22H26N2O5S. The second-order valence-corrected chi connectivity index (χ2v) is 9.24. The maximum Gasteiger partial charge on any atom is 0.338 e. The van der Waals surface area contributed by atoms with Crippen LogP contribution in [0.25, 0.3) is 0 Å². The van der Waals surface area contributed by atoms with Gasteiger partial charge in [0.25, 0.3) is 0 Å². The summed E-state index contributed by atoms with van der Waals surface area (Å²) in [4.78, 5) is 24.9. The molecule has 1 heterocycles. The van der Waals surface area contributed by atoms with Crippen molar-refractivity contribution in [3.63, 3.8) is 0 Å². The molecule has 1 amide bonds. The van der Waals surface area contributed by atoms with Crippen molar-refractivity contribution in [1.29, 1.82) is 0 Å². The molecule has 1 atom stereocenters. The number of esters is 1. The zero-order valence-electron chi connectivity index (χ0n) is 17.1. The van der Waals surface area contributed by atoms with E-state index in [0.717, 1.165) is 5.56 Å². The molecule has 1 aliphatic heterocycles. The normalized spacial score (nSPS) is 17.3. The Bertz CT molecular complexity index is 1020. The number of piperidine rings is 1. The summed E-state index contributed by atoms with van der Waals surface area (Å²) in [5.41, 5.74) is 1.81. The second kappa shape index (κ2) is 9.40. The van der Waals surface area contributed by atoms with Gasteiger partial charge in [-0.1, -0.05) is 23.8 Å². The first-order chi connectivity index (χ1) is 14.3. The van der Waals surface area contributed by atoms with Gasteiger partial charge in [-0.05, 0) is 57.0 Å². The van der Waals surface area contributed by atoms with E-state index in [-0.39, 0.29) is 24.0 Å². The molecule has 30 heavy (non-hydrogen) atoms. The van der Waals surface area contributed by atoms with Gasteiger partial charge in [0.1, 0.15) is 0 Å². The summed E-state index contributed by atoms with van der Waals surface area (Å²) in [6.45, 7) is 4.40. The Labute approximate surface area is 177 Å². The van der Waals surface area contributed by atoms with Crippen LogP contribution in [0.1, 0.15) is 35.7 Å². The first-order valence-electron chi connectivity index (χ1n) is 9.96. The predicted molar refractivity (Wildman–Crippen MR) is 114 cm³/mol. The summed E-state index contributed by atoms with van der Waals surface area (Å²) in [5, 5.41) is 2.80. The van der Waals surface area contributed by atoms with Crippen molar-refractivity contribution in [2.75, 3.05) is 25.0 Å². The van der Waals surface area contributed by atoms with Crippen LogP contribution in [-0.2, 0) is 19.6 Å². The van der Waals surface area contributed by atoms with E-state index in [1.54, 1.807) is 55.5 Å². The van der Waals surface area contributed by atoms with Crippen molar-refractivity contribution in [2.45, 2.75) is 31.6 Å². The molecule has 1 fully saturated rings. The topological polar surface area (TPSA) is 92.8 Å². The quantitative estimate of drug-likeness (QED) is 0.711. The van der Waals surface area contributed by atoms with Gasteiger partial charge in [0.2, 0.25) is 15.9 Å². The summed E-state index contributed by atoms with van der Waals surface area (Å²) in [7, 11) is -3.65. The molecule has 2 aromatic rings. The molecule has 0 radical (unpaired) electrons. The van der Waals surface area contributed by atoms with E-state index in [9.17, 15) is 18.0 Å². The largest absolute Gasteiger partial charge is 0.462 e. The zero-order chi connectivity index (χ0) is 21.7. The molecule has 1 aliphatic rings. The minimum atomic E-state index is -3.65. The van der Waals surface area contributed by atoms with E-state index in [2.05, 4.69) is 5.32 Å². The molecule has 1 saturated heterocycles. The molecule has 0 unspecified atom stereocenters. The van der Waals surface area contributed by atoms with Crippen LogP contribution in [0.4, 0.5) is 5.69 Å². The van der Waals surface area contributed by atoms with Crippen LogP contribution >= 0.6 is 0 Å². The number of hydrogen-bond acceptors (Lipinski definition) is 5. The number of hydrogen-bond donors (Lipinski definition) is 1. The highest BCUT2D eigenvalue weighted by atomic mass is 32.2. The lowest BCUT2D eigenvalue weighted by atomic mass is 9.98. The Morgan fingerprint density at radius 3 is 2.60 bits per heavy atom. The number of carbonyl (C=O) groups is 2. The molecule has 2 aromatic carbocycles. The Hall–Kier alpha value is -2.71. The van der Waals surface area contributed by atoms with Crippen LogP contribution in [0, 0.1) is 12.8 Å². The number of ether oxygens (including phenoxy) is 1. The maximum atomic E-state index is 12.9. The average molecular weight is 431 g/mol. The Morgan fingerprint density at radius 1 is 1.17 bits per heavy atom.